The Labute approximate surface area is 102 Å². The Morgan fingerprint density at radius 3 is 2.53 bits per heavy atom. The summed E-state index contributed by atoms with van der Waals surface area (Å²) < 4.78 is 0. The zero-order valence-electron chi connectivity index (χ0n) is 9.76. The van der Waals surface area contributed by atoms with Crippen LogP contribution in [0.1, 0.15) is 30.7 Å². The minimum Gasteiger partial charge on any atom is -0.384 e. The van der Waals surface area contributed by atoms with Gasteiger partial charge in [0.25, 0.3) is 0 Å². The lowest BCUT2D eigenvalue weighted by atomic mass is 9.77. The molecule has 17 heavy (non-hydrogen) atoms. The van der Waals surface area contributed by atoms with Crippen LogP contribution in [0.5, 0.6) is 0 Å². The standard InChI is InChI=1S/C15H16N2/c16-15-9-8-12(10-17-15)14-7-2-1-6-13(14)11-4-3-5-11/h1-2,6-11H,3-5H2,(H2,16,17). The molecule has 0 spiro atoms. The van der Waals surface area contributed by atoms with E-state index in [9.17, 15) is 0 Å². The second-order valence-electron chi connectivity index (χ2n) is 4.69. The van der Waals surface area contributed by atoms with Crippen LogP contribution in [0.15, 0.2) is 42.6 Å². The van der Waals surface area contributed by atoms with E-state index in [1.165, 1.54) is 36.0 Å². The number of nitrogen functional groups attached to an aromatic ring is 1. The molecule has 1 aromatic heterocycles. The Kier molecular flexibility index (Phi) is 2.56. The highest BCUT2D eigenvalue weighted by atomic mass is 14.8. The Morgan fingerprint density at radius 2 is 1.88 bits per heavy atom. The highest BCUT2D eigenvalue weighted by Gasteiger charge is 2.22. The average molecular weight is 224 g/mol. The number of rotatable bonds is 2. The maximum Gasteiger partial charge on any atom is 0.123 e. The summed E-state index contributed by atoms with van der Waals surface area (Å²) in [7, 11) is 0. The van der Waals surface area contributed by atoms with Crippen LogP contribution in [-0.2, 0) is 0 Å². The first-order valence-electron chi connectivity index (χ1n) is 6.15. The fourth-order valence-electron chi connectivity index (χ4n) is 2.40. The minimum atomic E-state index is 0.579. The molecule has 2 heteroatoms. The first-order valence-corrected chi connectivity index (χ1v) is 6.15. The van der Waals surface area contributed by atoms with E-state index in [1.807, 2.05) is 12.3 Å². The molecule has 1 aromatic carbocycles. The molecule has 1 saturated carbocycles. The third-order valence-electron chi connectivity index (χ3n) is 3.60. The van der Waals surface area contributed by atoms with E-state index in [0.29, 0.717) is 5.82 Å². The summed E-state index contributed by atoms with van der Waals surface area (Å²) in [5.74, 6) is 1.32. The van der Waals surface area contributed by atoms with Crippen LogP contribution in [0, 0.1) is 0 Å². The van der Waals surface area contributed by atoms with Gasteiger partial charge in [-0.25, -0.2) is 4.98 Å². The fraction of sp³-hybridized carbons (Fsp3) is 0.267. The molecule has 2 N–H and O–H groups in total. The fourth-order valence-corrected chi connectivity index (χ4v) is 2.40. The van der Waals surface area contributed by atoms with Crippen LogP contribution in [0.25, 0.3) is 11.1 Å². The third kappa shape index (κ3) is 1.91. The van der Waals surface area contributed by atoms with Crippen molar-refractivity contribution in [2.75, 3.05) is 5.73 Å². The first-order chi connectivity index (χ1) is 8.34. The molecule has 0 bridgehead atoms. The van der Waals surface area contributed by atoms with Crippen molar-refractivity contribution < 1.29 is 0 Å². The Balaban J connectivity index is 2.04. The molecule has 1 fully saturated rings. The van der Waals surface area contributed by atoms with Gasteiger partial charge in [0.05, 0.1) is 0 Å². The smallest absolute Gasteiger partial charge is 0.123 e. The Morgan fingerprint density at radius 1 is 1.06 bits per heavy atom. The monoisotopic (exact) mass is 224 g/mol. The number of nitrogens with two attached hydrogens (primary N) is 1. The molecule has 1 aliphatic carbocycles. The van der Waals surface area contributed by atoms with Gasteiger partial charge in [-0.05, 0) is 42.0 Å². The SMILES string of the molecule is Nc1ccc(-c2ccccc2C2CCC2)cn1. The lowest BCUT2D eigenvalue weighted by Gasteiger charge is -2.28. The predicted molar refractivity (Wildman–Crippen MR) is 70.7 cm³/mol. The lowest BCUT2D eigenvalue weighted by Crippen LogP contribution is -2.09. The highest BCUT2D eigenvalue weighted by molar-refractivity contribution is 5.68. The summed E-state index contributed by atoms with van der Waals surface area (Å²) in [6, 6.07) is 12.6. The predicted octanol–water partition coefficient (Wildman–Crippen LogP) is 3.60. The van der Waals surface area contributed by atoms with Gasteiger partial charge in [-0.1, -0.05) is 30.7 Å². The maximum atomic E-state index is 5.63. The Bertz CT molecular complexity index is 513. The zero-order chi connectivity index (χ0) is 11.7. The summed E-state index contributed by atoms with van der Waals surface area (Å²) >= 11 is 0. The van der Waals surface area contributed by atoms with E-state index < -0.39 is 0 Å². The van der Waals surface area contributed by atoms with Gasteiger partial charge in [0.1, 0.15) is 5.82 Å². The molecule has 0 unspecified atom stereocenters. The quantitative estimate of drug-likeness (QED) is 0.846. The van der Waals surface area contributed by atoms with Crippen molar-refractivity contribution in [1.82, 2.24) is 4.98 Å². The minimum absolute atomic E-state index is 0.579. The number of benzene rings is 1. The van der Waals surface area contributed by atoms with E-state index in [2.05, 4.69) is 35.3 Å². The van der Waals surface area contributed by atoms with Gasteiger partial charge in [0.2, 0.25) is 0 Å². The molecule has 2 nitrogen and oxygen atoms in total. The van der Waals surface area contributed by atoms with Crippen LogP contribution >= 0.6 is 0 Å². The first kappa shape index (κ1) is 10.3. The average Bonchev–Trinajstić information content (AvgIpc) is 2.29. The maximum absolute atomic E-state index is 5.63. The zero-order valence-corrected chi connectivity index (χ0v) is 9.76. The largest absolute Gasteiger partial charge is 0.384 e. The van der Waals surface area contributed by atoms with Crippen LogP contribution < -0.4 is 5.73 Å². The number of aromatic nitrogens is 1. The van der Waals surface area contributed by atoms with E-state index in [-0.39, 0.29) is 0 Å². The van der Waals surface area contributed by atoms with Crippen LogP contribution in [0.2, 0.25) is 0 Å². The summed E-state index contributed by atoms with van der Waals surface area (Å²) in [6.45, 7) is 0. The van der Waals surface area contributed by atoms with Crippen molar-refractivity contribution in [3.63, 3.8) is 0 Å². The molecule has 0 atom stereocenters. The van der Waals surface area contributed by atoms with Gasteiger partial charge in [-0.15, -0.1) is 0 Å². The van der Waals surface area contributed by atoms with Gasteiger partial charge in [0.15, 0.2) is 0 Å². The lowest BCUT2D eigenvalue weighted by molar-refractivity contribution is 0.420. The topological polar surface area (TPSA) is 38.9 Å². The van der Waals surface area contributed by atoms with E-state index in [1.54, 1.807) is 0 Å². The molecule has 0 saturated heterocycles. The molecule has 1 heterocycles. The van der Waals surface area contributed by atoms with Crippen molar-refractivity contribution in [1.29, 1.82) is 0 Å². The molecule has 0 amide bonds. The van der Waals surface area contributed by atoms with Crippen LogP contribution in [0.4, 0.5) is 5.82 Å². The molecule has 0 aliphatic heterocycles. The van der Waals surface area contributed by atoms with Gasteiger partial charge in [0, 0.05) is 11.8 Å². The number of nitrogens with zero attached hydrogens (tertiary/aromatic N) is 1. The summed E-state index contributed by atoms with van der Waals surface area (Å²) in [5, 5.41) is 0. The van der Waals surface area contributed by atoms with Crippen LogP contribution in [-0.4, -0.2) is 4.98 Å². The van der Waals surface area contributed by atoms with Gasteiger partial charge < -0.3 is 5.73 Å². The molecular weight excluding hydrogens is 208 g/mol. The number of anilines is 1. The van der Waals surface area contributed by atoms with Crippen molar-refractivity contribution in [3.8, 4) is 11.1 Å². The molecule has 3 rings (SSSR count). The number of pyridine rings is 1. The van der Waals surface area contributed by atoms with E-state index in [0.717, 1.165) is 5.92 Å². The van der Waals surface area contributed by atoms with Crippen LogP contribution in [0.3, 0.4) is 0 Å². The van der Waals surface area contributed by atoms with Crippen molar-refractivity contribution >= 4 is 5.82 Å². The van der Waals surface area contributed by atoms with Gasteiger partial charge in [-0.2, -0.15) is 0 Å². The molecular formula is C15H16N2. The second kappa shape index (κ2) is 4.21. The third-order valence-corrected chi connectivity index (χ3v) is 3.60. The van der Waals surface area contributed by atoms with Gasteiger partial charge in [-0.3, -0.25) is 0 Å². The number of hydrogen-bond acceptors (Lipinski definition) is 2. The normalized spacial score (nSPS) is 15.5. The summed E-state index contributed by atoms with van der Waals surface area (Å²) in [4.78, 5) is 4.18. The molecule has 1 aliphatic rings. The molecule has 86 valence electrons. The molecule has 2 aromatic rings. The molecule has 0 radical (unpaired) electrons. The van der Waals surface area contributed by atoms with E-state index in [4.69, 9.17) is 5.73 Å². The number of hydrogen-bond donors (Lipinski definition) is 1. The summed E-state index contributed by atoms with van der Waals surface area (Å²) in [5.41, 5.74) is 9.57. The van der Waals surface area contributed by atoms with Crippen molar-refractivity contribution in [3.05, 3.63) is 48.2 Å². The Hall–Kier alpha value is -1.83. The summed E-state index contributed by atoms with van der Waals surface area (Å²) in [6.07, 6.45) is 5.87. The van der Waals surface area contributed by atoms with Gasteiger partial charge >= 0.3 is 0 Å². The van der Waals surface area contributed by atoms with E-state index >= 15 is 0 Å². The second-order valence-corrected chi connectivity index (χ2v) is 4.69. The van der Waals surface area contributed by atoms with Crippen molar-refractivity contribution in [2.24, 2.45) is 0 Å². The highest BCUT2D eigenvalue weighted by Crippen LogP contribution is 2.40. The van der Waals surface area contributed by atoms with Crippen molar-refractivity contribution in [2.45, 2.75) is 25.2 Å².